The molecule has 0 radical (unpaired) electrons. The second-order valence-electron chi connectivity index (χ2n) is 6.96. The monoisotopic (exact) mass is 348 g/mol. The molecule has 2 unspecified atom stereocenters. The van der Waals surface area contributed by atoms with Crippen molar-refractivity contribution in [1.29, 1.82) is 0 Å². The first-order valence-corrected chi connectivity index (χ1v) is 8.53. The summed E-state index contributed by atoms with van der Waals surface area (Å²) in [6.45, 7) is 4.96. The Morgan fingerprint density at radius 3 is 2.72 bits per heavy atom. The van der Waals surface area contributed by atoms with Crippen molar-refractivity contribution >= 4 is 11.8 Å². The molecule has 6 nitrogen and oxygen atoms in total. The minimum atomic E-state index is -1.15. The van der Waals surface area contributed by atoms with Gasteiger partial charge in [0.25, 0.3) is 0 Å². The fourth-order valence-corrected chi connectivity index (χ4v) is 4.15. The summed E-state index contributed by atoms with van der Waals surface area (Å²) in [6.07, 6.45) is 6.37. The van der Waals surface area contributed by atoms with Gasteiger partial charge in [-0.3, -0.25) is 9.59 Å². The molecule has 0 aromatic carbocycles. The molecule has 0 aromatic rings. The van der Waals surface area contributed by atoms with Gasteiger partial charge in [-0.05, 0) is 32.8 Å². The van der Waals surface area contributed by atoms with Crippen molar-refractivity contribution in [3.05, 3.63) is 35.1 Å². The Morgan fingerprint density at radius 1 is 1.40 bits per heavy atom. The molecule has 136 valence electrons. The summed E-state index contributed by atoms with van der Waals surface area (Å²) in [7, 11) is 1.32. The average molecular weight is 348 g/mol. The lowest BCUT2D eigenvalue weighted by atomic mass is 9.59. The molecule has 3 rings (SSSR count). The third-order valence-electron chi connectivity index (χ3n) is 5.55. The largest absolute Gasteiger partial charge is 0.504 e. The van der Waals surface area contributed by atoms with Crippen LogP contribution in [0.5, 0.6) is 0 Å². The number of esters is 1. The molecule has 0 spiro atoms. The molecule has 3 aliphatic rings. The van der Waals surface area contributed by atoms with E-state index in [2.05, 4.69) is 0 Å². The highest BCUT2D eigenvalue weighted by Gasteiger charge is 2.53. The molecule has 1 fully saturated rings. The maximum atomic E-state index is 12.8. The van der Waals surface area contributed by atoms with Crippen LogP contribution in [0.3, 0.4) is 0 Å². The maximum Gasteiger partial charge on any atom is 0.320 e. The van der Waals surface area contributed by atoms with E-state index in [-0.39, 0.29) is 11.7 Å². The fraction of sp³-hybridized carbons (Fsp3) is 0.579. The summed E-state index contributed by atoms with van der Waals surface area (Å²) in [6, 6.07) is 0. The van der Waals surface area contributed by atoms with Crippen molar-refractivity contribution in [3.63, 3.8) is 0 Å². The number of aliphatic hydroxyl groups excluding tert-OH is 1. The topological polar surface area (TPSA) is 82.1 Å². The zero-order chi connectivity index (χ0) is 18.2. The van der Waals surface area contributed by atoms with Crippen LogP contribution in [0.1, 0.15) is 33.1 Å². The Kier molecular flexibility index (Phi) is 4.60. The van der Waals surface area contributed by atoms with Crippen molar-refractivity contribution in [2.45, 2.75) is 38.9 Å². The molecule has 25 heavy (non-hydrogen) atoms. The van der Waals surface area contributed by atoms with E-state index in [9.17, 15) is 14.7 Å². The molecule has 1 N–H and O–H groups in total. The Morgan fingerprint density at radius 2 is 2.08 bits per heavy atom. The van der Waals surface area contributed by atoms with Crippen molar-refractivity contribution in [2.75, 3.05) is 20.3 Å². The summed E-state index contributed by atoms with van der Waals surface area (Å²) < 4.78 is 16.4. The molecular formula is C19H24O6. The standard InChI is InChI=1S/C19H24O6/c1-12-4-5-14-16(21)15(20)7-9-19(14,17(22)23-3)13(12)6-8-18(2)24-10-11-25-18/h4,7,9,13,21H,5-6,8,10-11H2,1-3H3. The highest BCUT2D eigenvalue weighted by molar-refractivity contribution is 6.06. The van der Waals surface area contributed by atoms with E-state index in [1.165, 1.54) is 13.2 Å². The van der Waals surface area contributed by atoms with Crippen LogP contribution in [0, 0.1) is 11.3 Å². The van der Waals surface area contributed by atoms with E-state index >= 15 is 0 Å². The normalized spacial score (nSPS) is 30.9. The maximum absolute atomic E-state index is 12.8. The van der Waals surface area contributed by atoms with Gasteiger partial charge in [0.05, 0.1) is 20.3 Å². The summed E-state index contributed by atoms with van der Waals surface area (Å²) in [5, 5.41) is 10.3. The Labute approximate surface area is 147 Å². The Hall–Kier alpha value is -1.92. The second kappa shape index (κ2) is 6.42. The smallest absolute Gasteiger partial charge is 0.320 e. The molecule has 1 aliphatic heterocycles. The zero-order valence-corrected chi connectivity index (χ0v) is 14.8. The molecule has 1 heterocycles. The summed E-state index contributed by atoms with van der Waals surface area (Å²) >= 11 is 0. The molecular weight excluding hydrogens is 324 g/mol. The van der Waals surface area contributed by atoms with Gasteiger partial charge < -0.3 is 19.3 Å². The number of fused-ring (bicyclic) bond motifs is 1. The second-order valence-corrected chi connectivity index (χ2v) is 6.96. The van der Waals surface area contributed by atoms with Crippen molar-refractivity contribution in [3.8, 4) is 0 Å². The van der Waals surface area contributed by atoms with Gasteiger partial charge in [0.2, 0.25) is 5.78 Å². The predicted molar refractivity (Wildman–Crippen MR) is 89.7 cm³/mol. The lowest BCUT2D eigenvalue weighted by Gasteiger charge is -2.43. The van der Waals surface area contributed by atoms with Crippen molar-refractivity contribution in [1.82, 2.24) is 0 Å². The third kappa shape index (κ3) is 2.83. The number of ketones is 1. The lowest BCUT2D eigenvalue weighted by Crippen LogP contribution is -2.45. The summed E-state index contributed by atoms with van der Waals surface area (Å²) in [5.41, 5.74) is 0.295. The molecule has 0 amide bonds. The van der Waals surface area contributed by atoms with Gasteiger partial charge in [-0.25, -0.2) is 0 Å². The van der Waals surface area contributed by atoms with Gasteiger partial charge in [-0.2, -0.15) is 0 Å². The first-order valence-electron chi connectivity index (χ1n) is 8.53. The quantitative estimate of drug-likeness (QED) is 0.621. The van der Waals surface area contributed by atoms with Gasteiger partial charge in [-0.1, -0.05) is 17.7 Å². The van der Waals surface area contributed by atoms with Gasteiger partial charge in [0.15, 0.2) is 11.5 Å². The van der Waals surface area contributed by atoms with Crippen LogP contribution < -0.4 is 0 Å². The first-order chi connectivity index (χ1) is 11.8. The Bertz CT molecular complexity index is 680. The summed E-state index contributed by atoms with van der Waals surface area (Å²) in [5.74, 6) is -2.19. The SMILES string of the molecule is COC(=O)C12C=CC(=O)C(O)=C1CC=C(C)C2CCC1(C)OCCO1. The third-order valence-corrected chi connectivity index (χ3v) is 5.55. The average Bonchev–Trinajstić information content (AvgIpc) is 3.03. The number of carbonyl (C=O) groups is 2. The lowest BCUT2D eigenvalue weighted by molar-refractivity contribution is -0.157. The summed E-state index contributed by atoms with van der Waals surface area (Å²) in [4.78, 5) is 24.7. The van der Waals surface area contributed by atoms with E-state index in [0.29, 0.717) is 38.0 Å². The predicted octanol–water partition coefficient (Wildman–Crippen LogP) is 2.61. The van der Waals surface area contributed by atoms with Crippen LogP contribution in [0.25, 0.3) is 0 Å². The molecule has 0 bridgehead atoms. The fourth-order valence-electron chi connectivity index (χ4n) is 4.15. The molecule has 1 saturated heterocycles. The highest BCUT2D eigenvalue weighted by Crippen LogP contribution is 2.52. The van der Waals surface area contributed by atoms with Crippen LogP contribution in [-0.2, 0) is 23.8 Å². The minimum absolute atomic E-state index is 0.236. The molecule has 2 aliphatic carbocycles. The van der Waals surface area contributed by atoms with E-state index in [0.717, 1.165) is 5.57 Å². The van der Waals surface area contributed by atoms with Gasteiger partial charge >= 0.3 is 5.97 Å². The van der Waals surface area contributed by atoms with E-state index in [1.807, 2.05) is 19.9 Å². The number of methoxy groups -OCH3 is 1. The van der Waals surface area contributed by atoms with E-state index in [1.54, 1.807) is 6.08 Å². The number of aliphatic hydroxyl groups is 1. The van der Waals surface area contributed by atoms with Gasteiger partial charge in [0, 0.05) is 17.9 Å². The minimum Gasteiger partial charge on any atom is -0.504 e. The van der Waals surface area contributed by atoms with Crippen LogP contribution >= 0.6 is 0 Å². The van der Waals surface area contributed by atoms with E-state index < -0.39 is 23.0 Å². The van der Waals surface area contributed by atoms with Crippen LogP contribution in [-0.4, -0.2) is 43.0 Å². The zero-order valence-electron chi connectivity index (χ0n) is 14.8. The van der Waals surface area contributed by atoms with Crippen LogP contribution in [0.4, 0.5) is 0 Å². The molecule has 0 saturated carbocycles. The van der Waals surface area contributed by atoms with Gasteiger partial charge in [-0.15, -0.1) is 0 Å². The first kappa shape index (κ1) is 17.9. The van der Waals surface area contributed by atoms with Crippen molar-refractivity contribution in [2.24, 2.45) is 11.3 Å². The molecule has 2 atom stereocenters. The number of ether oxygens (including phenoxy) is 3. The number of rotatable bonds is 4. The number of hydrogen-bond donors (Lipinski definition) is 1. The number of hydrogen-bond acceptors (Lipinski definition) is 6. The van der Waals surface area contributed by atoms with Crippen molar-refractivity contribution < 1.29 is 28.9 Å². The Balaban J connectivity index is 2.00. The van der Waals surface area contributed by atoms with Crippen LogP contribution in [0.15, 0.2) is 35.1 Å². The van der Waals surface area contributed by atoms with Crippen LogP contribution in [0.2, 0.25) is 0 Å². The van der Waals surface area contributed by atoms with E-state index in [4.69, 9.17) is 14.2 Å². The van der Waals surface area contributed by atoms with Gasteiger partial charge in [0.1, 0.15) is 5.41 Å². The molecule has 6 heteroatoms. The number of allylic oxidation sites excluding steroid dienone is 3. The number of carbonyl (C=O) groups excluding carboxylic acids is 2. The molecule has 0 aromatic heterocycles. The highest BCUT2D eigenvalue weighted by atomic mass is 16.7.